The fourth-order valence-electron chi connectivity index (χ4n) is 4.05. The van der Waals surface area contributed by atoms with E-state index in [2.05, 4.69) is 0 Å². The minimum Gasteiger partial charge on any atom is -0.460 e. The summed E-state index contributed by atoms with van der Waals surface area (Å²) in [6.07, 6.45) is -2.23. The Balaban J connectivity index is 1.57. The lowest BCUT2D eigenvalue weighted by molar-refractivity contribution is -0.353. The van der Waals surface area contributed by atoms with Crippen LogP contribution >= 0.6 is 0 Å². The number of rotatable bonds is 11. The first-order valence-electron chi connectivity index (χ1n) is 12.0. The van der Waals surface area contributed by atoms with Gasteiger partial charge in [0.05, 0.1) is 26.4 Å². The molecule has 1 saturated heterocycles. The van der Waals surface area contributed by atoms with Gasteiger partial charge in [-0.3, -0.25) is 4.79 Å². The molecule has 3 aromatic rings. The summed E-state index contributed by atoms with van der Waals surface area (Å²) < 4.78 is 29.8. The summed E-state index contributed by atoms with van der Waals surface area (Å²) >= 11 is 0. The summed E-state index contributed by atoms with van der Waals surface area (Å²) in [6.45, 7) is 1.75. The maximum atomic E-state index is 11.5. The zero-order valence-electron chi connectivity index (χ0n) is 20.3. The van der Waals surface area contributed by atoms with E-state index < -0.39 is 36.7 Å². The molecule has 1 aliphatic heterocycles. The normalized spacial score (nSPS) is 23.8. The van der Waals surface area contributed by atoms with Crippen LogP contribution in [0.4, 0.5) is 0 Å². The van der Waals surface area contributed by atoms with Gasteiger partial charge in [-0.25, -0.2) is 0 Å². The van der Waals surface area contributed by atoms with Gasteiger partial charge in [-0.15, -0.1) is 0 Å². The molecule has 1 heterocycles. The Morgan fingerprint density at radius 1 is 0.806 bits per heavy atom. The van der Waals surface area contributed by atoms with Crippen molar-refractivity contribution in [1.29, 1.82) is 0 Å². The molecule has 0 saturated carbocycles. The summed E-state index contributed by atoms with van der Waals surface area (Å²) in [7, 11) is 0. The zero-order chi connectivity index (χ0) is 25.2. The van der Waals surface area contributed by atoms with Crippen molar-refractivity contribution in [3.05, 3.63) is 108 Å². The van der Waals surface area contributed by atoms with Gasteiger partial charge >= 0.3 is 5.97 Å². The predicted molar refractivity (Wildman–Crippen MR) is 133 cm³/mol. The van der Waals surface area contributed by atoms with Gasteiger partial charge in [0.25, 0.3) is 0 Å². The topological polar surface area (TPSA) is 83.5 Å². The second kappa shape index (κ2) is 12.8. The van der Waals surface area contributed by atoms with Crippen LogP contribution in [0, 0.1) is 0 Å². The van der Waals surface area contributed by atoms with Crippen LogP contribution in [0.25, 0.3) is 0 Å². The van der Waals surface area contributed by atoms with Crippen molar-refractivity contribution < 1.29 is 33.6 Å². The average molecular weight is 493 g/mol. The fraction of sp³-hybridized carbons (Fsp3) is 0.345. The lowest BCUT2D eigenvalue weighted by Gasteiger charge is -2.46. The first kappa shape index (κ1) is 26.0. The summed E-state index contributed by atoms with van der Waals surface area (Å²) in [5.41, 5.74) is 2.89. The van der Waals surface area contributed by atoms with E-state index in [1.807, 2.05) is 91.0 Å². The van der Waals surface area contributed by atoms with Gasteiger partial charge in [-0.2, -0.15) is 0 Å². The summed E-state index contributed by atoms with van der Waals surface area (Å²) in [5.74, 6) is -2.44. The molecule has 36 heavy (non-hydrogen) atoms. The van der Waals surface area contributed by atoms with E-state index in [1.165, 1.54) is 6.92 Å². The highest BCUT2D eigenvalue weighted by atomic mass is 16.7. The van der Waals surface area contributed by atoms with Crippen molar-refractivity contribution in [2.24, 2.45) is 0 Å². The SMILES string of the molecule is CC(=O)OCC1(O)OC[C@@H](OCc2ccccc2)[C@@H](OCc2ccccc2)[C@@H]1OCc1ccccc1. The molecule has 0 bridgehead atoms. The molecule has 7 nitrogen and oxygen atoms in total. The van der Waals surface area contributed by atoms with Gasteiger partial charge in [0, 0.05) is 6.92 Å². The Hall–Kier alpha value is -3.07. The molecule has 1 N–H and O–H groups in total. The van der Waals surface area contributed by atoms with E-state index in [-0.39, 0.29) is 19.8 Å². The Bertz CT molecular complexity index is 1060. The highest BCUT2D eigenvalue weighted by Crippen LogP contribution is 2.32. The lowest BCUT2D eigenvalue weighted by Crippen LogP contribution is -2.65. The monoisotopic (exact) mass is 492 g/mol. The van der Waals surface area contributed by atoms with Crippen LogP contribution in [0.15, 0.2) is 91.0 Å². The number of carbonyl (C=O) groups excluding carboxylic acids is 1. The molecular formula is C29H32O7. The molecular weight excluding hydrogens is 460 g/mol. The van der Waals surface area contributed by atoms with Crippen molar-refractivity contribution >= 4 is 5.97 Å². The molecule has 190 valence electrons. The van der Waals surface area contributed by atoms with Crippen LogP contribution in [0.3, 0.4) is 0 Å². The van der Waals surface area contributed by atoms with E-state index in [9.17, 15) is 9.90 Å². The van der Waals surface area contributed by atoms with Gasteiger partial charge < -0.3 is 28.8 Å². The third-order valence-electron chi connectivity index (χ3n) is 5.95. The molecule has 1 fully saturated rings. The van der Waals surface area contributed by atoms with E-state index in [4.69, 9.17) is 23.7 Å². The van der Waals surface area contributed by atoms with Crippen LogP contribution < -0.4 is 0 Å². The number of carbonyl (C=O) groups is 1. The average Bonchev–Trinajstić information content (AvgIpc) is 2.91. The summed E-state index contributed by atoms with van der Waals surface area (Å²) in [5, 5.41) is 11.5. The van der Waals surface area contributed by atoms with Gasteiger partial charge in [-0.1, -0.05) is 91.0 Å². The van der Waals surface area contributed by atoms with Crippen molar-refractivity contribution in [3.8, 4) is 0 Å². The van der Waals surface area contributed by atoms with E-state index in [0.29, 0.717) is 6.61 Å². The standard InChI is InChI=1S/C29H32O7/c1-22(30)35-21-29(31)28(34-19-25-15-9-4-10-16-25)27(33-18-24-13-7-3-8-14-24)26(20-36-29)32-17-23-11-5-2-6-12-23/h2-16,26-28,31H,17-21H2,1H3/t26-,27-,28+,29?/m1/s1. The van der Waals surface area contributed by atoms with Crippen LogP contribution in [0.2, 0.25) is 0 Å². The van der Waals surface area contributed by atoms with Crippen LogP contribution in [-0.2, 0) is 48.3 Å². The van der Waals surface area contributed by atoms with Crippen molar-refractivity contribution in [3.63, 3.8) is 0 Å². The molecule has 0 spiro atoms. The highest BCUT2D eigenvalue weighted by Gasteiger charge is 2.53. The van der Waals surface area contributed by atoms with Gasteiger partial charge in [0.2, 0.25) is 5.79 Å². The molecule has 1 aliphatic rings. The second-order valence-corrected chi connectivity index (χ2v) is 8.75. The third kappa shape index (κ3) is 7.22. The third-order valence-corrected chi connectivity index (χ3v) is 5.95. The number of benzene rings is 3. The van der Waals surface area contributed by atoms with Crippen LogP contribution in [-0.4, -0.2) is 48.4 Å². The smallest absolute Gasteiger partial charge is 0.302 e. The summed E-state index contributed by atoms with van der Waals surface area (Å²) in [4.78, 5) is 11.5. The molecule has 0 radical (unpaired) electrons. The molecule has 4 rings (SSSR count). The summed E-state index contributed by atoms with van der Waals surface area (Å²) in [6, 6.07) is 29.1. The first-order chi connectivity index (χ1) is 17.5. The van der Waals surface area contributed by atoms with Crippen molar-refractivity contribution in [1.82, 2.24) is 0 Å². The van der Waals surface area contributed by atoms with Crippen molar-refractivity contribution in [2.75, 3.05) is 13.2 Å². The molecule has 0 aliphatic carbocycles. The van der Waals surface area contributed by atoms with E-state index in [1.54, 1.807) is 0 Å². The number of aliphatic hydroxyl groups is 1. The van der Waals surface area contributed by atoms with Gasteiger partial charge in [0.15, 0.2) is 0 Å². The van der Waals surface area contributed by atoms with Crippen molar-refractivity contribution in [2.45, 2.75) is 50.8 Å². The number of hydrogen-bond donors (Lipinski definition) is 1. The number of hydrogen-bond acceptors (Lipinski definition) is 7. The lowest BCUT2D eigenvalue weighted by atomic mass is 9.96. The van der Waals surface area contributed by atoms with Gasteiger partial charge in [-0.05, 0) is 16.7 Å². The maximum absolute atomic E-state index is 11.5. The first-order valence-corrected chi connectivity index (χ1v) is 12.0. The number of ether oxygens (including phenoxy) is 5. The van der Waals surface area contributed by atoms with E-state index in [0.717, 1.165) is 16.7 Å². The molecule has 1 unspecified atom stereocenters. The zero-order valence-corrected chi connectivity index (χ0v) is 20.3. The maximum Gasteiger partial charge on any atom is 0.302 e. The highest BCUT2D eigenvalue weighted by molar-refractivity contribution is 5.65. The van der Waals surface area contributed by atoms with Crippen LogP contribution in [0.1, 0.15) is 23.6 Å². The molecule has 0 aromatic heterocycles. The number of esters is 1. The Kier molecular flexibility index (Phi) is 9.22. The second-order valence-electron chi connectivity index (χ2n) is 8.75. The predicted octanol–water partition coefficient (Wildman–Crippen LogP) is 4.02. The molecule has 4 atom stereocenters. The van der Waals surface area contributed by atoms with Gasteiger partial charge in [0.1, 0.15) is 24.9 Å². The molecule has 0 amide bonds. The minimum atomic E-state index is -1.91. The fourth-order valence-corrected chi connectivity index (χ4v) is 4.05. The Morgan fingerprint density at radius 3 is 1.78 bits per heavy atom. The van der Waals surface area contributed by atoms with E-state index >= 15 is 0 Å². The van der Waals surface area contributed by atoms with Crippen LogP contribution in [0.5, 0.6) is 0 Å². The Morgan fingerprint density at radius 2 is 1.28 bits per heavy atom. The quantitative estimate of drug-likeness (QED) is 0.405. The molecule has 3 aromatic carbocycles. The molecule has 7 heteroatoms. The minimum absolute atomic E-state index is 0.0370. The largest absolute Gasteiger partial charge is 0.460 e. The Labute approximate surface area is 211 Å².